The van der Waals surface area contributed by atoms with E-state index in [0.29, 0.717) is 42.4 Å². The molecule has 34 heavy (non-hydrogen) atoms. The number of carboxylic acids is 1. The number of phenols is 1. The van der Waals surface area contributed by atoms with Crippen LogP contribution in [0.25, 0.3) is 0 Å². The summed E-state index contributed by atoms with van der Waals surface area (Å²) in [6.07, 6.45) is 1.85. The Bertz CT molecular complexity index is 1090. The summed E-state index contributed by atoms with van der Waals surface area (Å²) in [6.45, 7) is 8.39. The molecule has 0 saturated heterocycles. The van der Waals surface area contributed by atoms with Crippen LogP contribution in [0, 0.1) is 10.8 Å². The Balaban J connectivity index is 1.99. The molecular formula is C27H33NO6. The molecule has 0 bridgehead atoms. The predicted molar refractivity (Wildman–Crippen MR) is 126 cm³/mol. The van der Waals surface area contributed by atoms with Gasteiger partial charge in [0.25, 0.3) is 0 Å². The lowest BCUT2D eigenvalue weighted by Crippen LogP contribution is -2.45. The van der Waals surface area contributed by atoms with Gasteiger partial charge in [-0.2, -0.15) is 0 Å². The standard InChI is InChI=1S/C27H33NO6/c1-26(2)11-16-24(19(30)13-26)23(15-6-7-18(29)21(10-15)34-5)25-17(28(16)9-8-22(32)33)12-27(3,4)14-20(25)31/h6-7,10,23,29H,8-9,11-14H2,1-5H3,(H,32,33). The molecule has 1 heterocycles. The Labute approximate surface area is 200 Å². The fraction of sp³-hybridized carbons (Fsp3) is 0.519. The molecular weight excluding hydrogens is 434 g/mol. The van der Waals surface area contributed by atoms with E-state index < -0.39 is 11.9 Å². The topological polar surface area (TPSA) is 104 Å². The first kappa shape index (κ1) is 24.0. The number of aromatic hydroxyl groups is 1. The number of phenolic OH excluding ortho intramolecular Hbond substituents is 1. The van der Waals surface area contributed by atoms with Gasteiger partial charge in [-0.1, -0.05) is 33.8 Å². The van der Waals surface area contributed by atoms with Crippen molar-refractivity contribution in [3.05, 3.63) is 46.3 Å². The molecule has 0 aromatic heterocycles. The van der Waals surface area contributed by atoms with Gasteiger partial charge < -0.3 is 19.8 Å². The van der Waals surface area contributed by atoms with Gasteiger partial charge in [-0.15, -0.1) is 0 Å². The smallest absolute Gasteiger partial charge is 0.305 e. The highest BCUT2D eigenvalue weighted by molar-refractivity contribution is 6.06. The number of carboxylic acid groups (broad SMARTS) is 1. The molecule has 0 saturated carbocycles. The maximum absolute atomic E-state index is 13.6. The SMILES string of the molecule is COc1cc(C2C3=C(CC(C)(C)CC3=O)N(CCC(=O)O)C3=C2C(=O)CC(C)(C)C3)ccc1O. The van der Waals surface area contributed by atoms with Crippen molar-refractivity contribution in [1.82, 2.24) is 4.90 Å². The van der Waals surface area contributed by atoms with Crippen LogP contribution < -0.4 is 4.74 Å². The van der Waals surface area contributed by atoms with E-state index in [1.807, 2.05) is 32.6 Å². The maximum atomic E-state index is 13.6. The average molecular weight is 468 g/mol. The highest BCUT2D eigenvalue weighted by Crippen LogP contribution is 2.54. The zero-order valence-electron chi connectivity index (χ0n) is 20.5. The summed E-state index contributed by atoms with van der Waals surface area (Å²) in [4.78, 5) is 40.7. The normalized spacial score (nSPS) is 22.0. The molecule has 2 N–H and O–H groups in total. The number of ketones is 2. The molecule has 1 aliphatic heterocycles. The maximum Gasteiger partial charge on any atom is 0.305 e. The molecule has 182 valence electrons. The van der Waals surface area contributed by atoms with Gasteiger partial charge in [-0.05, 0) is 41.4 Å². The summed E-state index contributed by atoms with van der Waals surface area (Å²) in [5, 5.41) is 19.6. The van der Waals surface area contributed by atoms with Crippen molar-refractivity contribution in [2.45, 2.75) is 65.7 Å². The Morgan fingerprint density at radius 2 is 1.53 bits per heavy atom. The molecule has 0 spiro atoms. The fourth-order valence-electron chi connectivity index (χ4n) is 5.73. The number of hydrogen-bond acceptors (Lipinski definition) is 6. The fourth-order valence-corrected chi connectivity index (χ4v) is 5.73. The van der Waals surface area contributed by atoms with Crippen LogP contribution in [0.3, 0.4) is 0 Å². The molecule has 0 radical (unpaired) electrons. The van der Waals surface area contributed by atoms with E-state index in [1.54, 1.807) is 12.1 Å². The number of ether oxygens (including phenoxy) is 1. The van der Waals surface area contributed by atoms with Crippen LogP contribution in [0.1, 0.15) is 71.3 Å². The molecule has 1 aromatic rings. The largest absolute Gasteiger partial charge is 0.504 e. The molecule has 0 atom stereocenters. The lowest BCUT2D eigenvalue weighted by Gasteiger charge is -2.49. The van der Waals surface area contributed by atoms with E-state index in [9.17, 15) is 24.6 Å². The highest BCUT2D eigenvalue weighted by atomic mass is 16.5. The molecule has 7 nitrogen and oxygen atoms in total. The number of carbonyl (C=O) groups excluding carboxylic acids is 2. The number of benzene rings is 1. The average Bonchev–Trinajstić information content (AvgIpc) is 2.70. The van der Waals surface area contributed by atoms with Gasteiger partial charge in [0, 0.05) is 47.8 Å². The number of hydrogen-bond donors (Lipinski definition) is 2. The van der Waals surface area contributed by atoms with Gasteiger partial charge in [-0.3, -0.25) is 14.4 Å². The van der Waals surface area contributed by atoms with Crippen molar-refractivity contribution in [3.63, 3.8) is 0 Å². The molecule has 0 amide bonds. The monoisotopic (exact) mass is 467 g/mol. The molecule has 3 aliphatic rings. The Morgan fingerprint density at radius 3 is 2.00 bits per heavy atom. The van der Waals surface area contributed by atoms with Gasteiger partial charge in [0.15, 0.2) is 23.1 Å². The number of methoxy groups -OCH3 is 1. The summed E-state index contributed by atoms with van der Waals surface area (Å²) >= 11 is 0. The third kappa shape index (κ3) is 4.24. The van der Waals surface area contributed by atoms with E-state index in [0.717, 1.165) is 11.4 Å². The van der Waals surface area contributed by atoms with Crippen molar-refractivity contribution < 1.29 is 29.3 Å². The van der Waals surface area contributed by atoms with Crippen molar-refractivity contribution in [1.29, 1.82) is 0 Å². The molecule has 0 unspecified atom stereocenters. The Kier molecular flexibility index (Phi) is 5.86. The highest BCUT2D eigenvalue weighted by Gasteiger charge is 2.49. The van der Waals surface area contributed by atoms with E-state index in [2.05, 4.69) is 0 Å². The van der Waals surface area contributed by atoms with Gasteiger partial charge in [0.1, 0.15) is 0 Å². The lowest BCUT2D eigenvalue weighted by atomic mass is 9.63. The number of Topliss-reactive ketones (excluding diaryl/α,β-unsaturated/α-hetero) is 2. The van der Waals surface area contributed by atoms with Crippen LogP contribution in [0.15, 0.2) is 40.7 Å². The van der Waals surface area contributed by atoms with Gasteiger partial charge >= 0.3 is 5.97 Å². The van der Waals surface area contributed by atoms with Crippen LogP contribution in [0.5, 0.6) is 11.5 Å². The lowest BCUT2D eigenvalue weighted by molar-refractivity contribution is -0.137. The van der Waals surface area contributed by atoms with Gasteiger partial charge in [-0.25, -0.2) is 0 Å². The second-order valence-electron chi connectivity index (χ2n) is 11.3. The second kappa shape index (κ2) is 8.29. The quantitative estimate of drug-likeness (QED) is 0.654. The molecule has 1 aromatic carbocycles. The Hall–Kier alpha value is -3.09. The summed E-state index contributed by atoms with van der Waals surface area (Å²) < 4.78 is 5.33. The van der Waals surface area contributed by atoms with Crippen molar-refractivity contribution in [3.8, 4) is 11.5 Å². The minimum Gasteiger partial charge on any atom is -0.504 e. The van der Waals surface area contributed by atoms with Crippen molar-refractivity contribution in [2.75, 3.05) is 13.7 Å². The summed E-state index contributed by atoms with van der Waals surface area (Å²) in [5.74, 6) is -1.26. The molecule has 7 heteroatoms. The van der Waals surface area contributed by atoms with Crippen LogP contribution in [-0.4, -0.2) is 46.3 Å². The number of carbonyl (C=O) groups is 3. The first-order valence-electron chi connectivity index (χ1n) is 11.7. The van der Waals surface area contributed by atoms with Crippen molar-refractivity contribution >= 4 is 17.5 Å². The zero-order valence-corrected chi connectivity index (χ0v) is 20.5. The number of allylic oxidation sites excluding steroid dienone is 4. The van der Waals surface area contributed by atoms with E-state index in [4.69, 9.17) is 4.74 Å². The van der Waals surface area contributed by atoms with E-state index >= 15 is 0 Å². The number of nitrogens with zero attached hydrogens (tertiary/aromatic N) is 1. The number of rotatable bonds is 5. The first-order valence-corrected chi connectivity index (χ1v) is 11.7. The van der Waals surface area contributed by atoms with Gasteiger partial charge in [0.2, 0.25) is 0 Å². The summed E-state index contributed by atoms with van der Waals surface area (Å²) in [6, 6.07) is 4.97. The minimum atomic E-state index is -0.919. The third-order valence-electron chi connectivity index (χ3n) is 7.11. The summed E-state index contributed by atoms with van der Waals surface area (Å²) in [7, 11) is 1.46. The minimum absolute atomic E-state index is 0.0132. The van der Waals surface area contributed by atoms with Crippen LogP contribution in [-0.2, 0) is 14.4 Å². The zero-order chi connectivity index (χ0) is 25.0. The van der Waals surface area contributed by atoms with Crippen molar-refractivity contribution in [2.24, 2.45) is 10.8 Å². The van der Waals surface area contributed by atoms with Gasteiger partial charge in [0.05, 0.1) is 13.5 Å². The first-order chi connectivity index (χ1) is 15.8. The van der Waals surface area contributed by atoms with Crippen LogP contribution in [0.2, 0.25) is 0 Å². The number of aliphatic carboxylic acids is 1. The molecule has 4 rings (SSSR count). The Morgan fingerprint density at radius 1 is 1.00 bits per heavy atom. The predicted octanol–water partition coefficient (Wildman–Crippen LogP) is 4.56. The van der Waals surface area contributed by atoms with Crippen LogP contribution >= 0.6 is 0 Å². The third-order valence-corrected chi connectivity index (χ3v) is 7.11. The van der Waals surface area contributed by atoms with E-state index in [-0.39, 0.29) is 46.9 Å². The molecule has 2 aliphatic carbocycles. The van der Waals surface area contributed by atoms with Crippen LogP contribution in [0.4, 0.5) is 0 Å². The molecule has 0 fully saturated rings. The second-order valence-corrected chi connectivity index (χ2v) is 11.3. The van der Waals surface area contributed by atoms with E-state index in [1.165, 1.54) is 13.2 Å². The summed E-state index contributed by atoms with van der Waals surface area (Å²) in [5.41, 5.74) is 2.96.